The van der Waals surface area contributed by atoms with E-state index in [9.17, 15) is 13.6 Å². The van der Waals surface area contributed by atoms with E-state index in [0.717, 1.165) is 49.6 Å². The lowest BCUT2D eigenvalue weighted by Gasteiger charge is -2.21. The summed E-state index contributed by atoms with van der Waals surface area (Å²) in [7, 11) is 0. The van der Waals surface area contributed by atoms with Crippen molar-refractivity contribution in [1.82, 2.24) is 0 Å². The molecule has 0 bridgehead atoms. The van der Waals surface area contributed by atoms with E-state index < -0.39 is 11.6 Å². The van der Waals surface area contributed by atoms with Crippen LogP contribution >= 0.6 is 11.3 Å². The van der Waals surface area contributed by atoms with Crippen LogP contribution in [0.25, 0.3) is 0 Å². The highest BCUT2D eigenvalue weighted by atomic mass is 32.1. The van der Waals surface area contributed by atoms with Crippen molar-refractivity contribution in [3.05, 3.63) is 52.2 Å². The highest BCUT2D eigenvalue weighted by molar-refractivity contribution is 7.09. The van der Waals surface area contributed by atoms with Crippen LogP contribution in [0, 0.1) is 11.6 Å². The average Bonchev–Trinajstić information content (AvgIpc) is 3.24. The monoisotopic (exact) mass is 367 g/mol. The first kappa shape index (κ1) is 18.0. The van der Waals surface area contributed by atoms with E-state index in [1.165, 1.54) is 10.9 Å². The van der Waals surface area contributed by atoms with Gasteiger partial charge in [-0.05, 0) is 36.4 Å². The number of carbonyl (C=O) groups excluding carboxylic acids is 1. The van der Waals surface area contributed by atoms with Crippen molar-refractivity contribution in [1.29, 1.82) is 0 Å². The second-order valence-electron chi connectivity index (χ2n) is 6.19. The second kappa shape index (κ2) is 8.51. The first-order valence-electron chi connectivity index (χ1n) is 8.32. The molecule has 2 aromatic rings. The number of rotatable bonds is 7. The molecule has 4 nitrogen and oxygen atoms in total. The number of quaternary nitrogens is 1. The lowest BCUT2D eigenvalue weighted by molar-refractivity contribution is -0.908. The Hall–Kier alpha value is -1.83. The molecule has 0 saturated carbocycles. The van der Waals surface area contributed by atoms with Crippen LogP contribution in [-0.4, -0.2) is 31.7 Å². The number of hydrogen-bond acceptors (Lipinski definition) is 3. The van der Waals surface area contributed by atoms with Crippen molar-refractivity contribution in [2.24, 2.45) is 0 Å². The minimum atomic E-state index is -0.771. The third-order valence-corrected chi connectivity index (χ3v) is 5.04. The molecule has 1 aromatic heterocycles. The van der Waals surface area contributed by atoms with E-state index in [0.29, 0.717) is 0 Å². The number of halogens is 2. The van der Waals surface area contributed by atoms with Gasteiger partial charge in [0.2, 0.25) is 0 Å². The maximum atomic E-state index is 13.7. The number of hydrogen-bond donors (Lipinski definition) is 2. The Kier molecular flexibility index (Phi) is 6.12. The summed E-state index contributed by atoms with van der Waals surface area (Å²) < 4.78 is 32.3. The normalized spacial score (nSPS) is 18.2. The molecule has 0 radical (unpaired) electrons. The predicted molar refractivity (Wildman–Crippen MR) is 92.7 cm³/mol. The third kappa shape index (κ3) is 5.32. The van der Waals surface area contributed by atoms with Gasteiger partial charge in [-0.1, -0.05) is 6.07 Å². The lowest BCUT2D eigenvalue weighted by Crippen LogP contribution is -3.12. The number of thiophene rings is 1. The van der Waals surface area contributed by atoms with Crippen LogP contribution in [0.15, 0.2) is 35.7 Å². The fourth-order valence-corrected chi connectivity index (χ4v) is 3.78. The van der Waals surface area contributed by atoms with Gasteiger partial charge in [0.25, 0.3) is 5.91 Å². The quantitative estimate of drug-likeness (QED) is 0.788. The molecule has 0 spiro atoms. The average molecular weight is 367 g/mol. The van der Waals surface area contributed by atoms with Gasteiger partial charge in [-0.2, -0.15) is 0 Å². The molecular formula is C18H21F2N2O2S+. The third-order valence-electron chi connectivity index (χ3n) is 4.16. The molecule has 3 rings (SSSR count). The van der Waals surface area contributed by atoms with E-state index in [1.54, 1.807) is 11.3 Å². The number of ether oxygens (including phenoxy) is 1. The summed E-state index contributed by atoms with van der Waals surface area (Å²) in [5.74, 6) is -1.74. The smallest absolute Gasteiger partial charge is 0.279 e. The van der Waals surface area contributed by atoms with Gasteiger partial charge in [0.05, 0.1) is 10.6 Å². The molecular weight excluding hydrogens is 346 g/mol. The molecule has 7 heteroatoms. The molecule has 25 heavy (non-hydrogen) atoms. The number of nitrogens with one attached hydrogen (secondary N) is 2. The highest BCUT2D eigenvalue weighted by Crippen LogP contribution is 2.14. The molecule has 1 unspecified atom stereocenters. The van der Waals surface area contributed by atoms with E-state index in [1.807, 2.05) is 17.5 Å². The molecule has 1 fully saturated rings. The minimum Gasteiger partial charge on any atom is -0.372 e. The van der Waals surface area contributed by atoms with E-state index in [2.05, 4.69) is 5.32 Å². The van der Waals surface area contributed by atoms with Crippen LogP contribution in [-0.2, 0) is 16.1 Å². The molecule has 2 atom stereocenters. The predicted octanol–water partition coefficient (Wildman–Crippen LogP) is 2.23. The maximum absolute atomic E-state index is 13.7. The van der Waals surface area contributed by atoms with Crippen LogP contribution in [0.1, 0.15) is 17.7 Å². The summed E-state index contributed by atoms with van der Waals surface area (Å²) in [5, 5.41) is 4.54. The Labute approximate surface area is 149 Å². The second-order valence-corrected chi connectivity index (χ2v) is 7.23. The Morgan fingerprint density at radius 3 is 2.92 bits per heavy atom. The molecule has 1 aliphatic heterocycles. The Balaban J connectivity index is 1.62. The fourth-order valence-electron chi connectivity index (χ4n) is 3.01. The van der Waals surface area contributed by atoms with Crippen LogP contribution in [0.5, 0.6) is 0 Å². The van der Waals surface area contributed by atoms with E-state index in [-0.39, 0.29) is 24.2 Å². The first-order chi connectivity index (χ1) is 12.1. The summed E-state index contributed by atoms with van der Waals surface area (Å²) in [6.07, 6.45) is 2.21. The zero-order valence-electron chi connectivity index (χ0n) is 13.8. The van der Waals surface area contributed by atoms with Gasteiger partial charge in [0.1, 0.15) is 30.8 Å². The Morgan fingerprint density at radius 2 is 2.24 bits per heavy atom. The SMILES string of the molecule is O=C(C[NH+](Cc1cccs1)C[C@@H]1CCCO1)Nc1ccc(F)cc1F. The standard InChI is InChI=1S/C18H20F2N2O2S/c19-13-5-6-17(16(20)9-13)21-18(23)12-22(10-14-3-1-7-24-14)11-15-4-2-8-25-15/h2,4-6,8-9,14H,1,3,7,10-12H2,(H,21,23)/p+1/t14-/m0/s1. The van der Waals surface area contributed by atoms with Crippen molar-refractivity contribution in [2.75, 3.05) is 25.0 Å². The summed E-state index contributed by atoms with van der Waals surface area (Å²) in [4.78, 5) is 14.6. The van der Waals surface area contributed by atoms with Crippen LogP contribution < -0.4 is 10.2 Å². The highest BCUT2D eigenvalue weighted by Gasteiger charge is 2.24. The molecule has 134 valence electrons. The fraction of sp³-hybridized carbons (Fsp3) is 0.389. The molecule has 2 heterocycles. The molecule has 2 N–H and O–H groups in total. The molecule has 1 saturated heterocycles. The van der Waals surface area contributed by atoms with Crippen molar-refractivity contribution in [2.45, 2.75) is 25.5 Å². The topological polar surface area (TPSA) is 42.8 Å². The molecule has 1 aromatic carbocycles. The van der Waals surface area contributed by atoms with Gasteiger partial charge in [-0.25, -0.2) is 8.78 Å². The number of carbonyl (C=O) groups is 1. The summed E-state index contributed by atoms with van der Waals surface area (Å²) in [6.45, 7) is 2.42. The number of amides is 1. The van der Waals surface area contributed by atoms with Crippen molar-refractivity contribution in [3.63, 3.8) is 0 Å². The minimum absolute atomic E-state index is 0.000935. The Morgan fingerprint density at radius 1 is 1.36 bits per heavy atom. The molecule has 0 aliphatic carbocycles. The summed E-state index contributed by atoms with van der Waals surface area (Å²) in [5.41, 5.74) is -0.000935. The molecule has 1 amide bonds. The van der Waals surface area contributed by atoms with E-state index >= 15 is 0 Å². The van der Waals surface area contributed by atoms with Gasteiger partial charge in [-0.3, -0.25) is 4.79 Å². The van der Waals surface area contributed by atoms with Crippen LogP contribution in [0.3, 0.4) is 0 Å². The van der Waals surface area contributed by atoms with Gasteiger partial charge >= 0.3 is 0 Å². The zero-order valence-corrected chi connectivity index (χ0v) is 14.6. The largest absolute Gasteiger partial charge is 0.372 e. The van der Waals surface area contributed by atoms with Gasteiger partial charge in [0, 0.05) is 12.7 Å². The van der Waals surface area contributed by atoms with Gasteiger partial charge in [0.15, 0.2) is 6.54 Å². The molecule has 1 aliphatic rings. The van der Waals surface area contributed by atoms with Gasteiger partial charge < -0.3 is 15.0 Å². The van der Waals surface area contributed by atoms with E-state index in [4.69, 9.17) is 4.74 Å². The summed E-state index contributed by atoms with van der Waals surface area (Å²) in [6, 6.07) is 7.15. The van der Waals surface area contributed by atoms with Crippen LogP contribution in [0.2, 0.25) is 0 Å². The van der Waals surface area contributed by atoms with Gasteiger partial charge in [-0.15, -0.1) is 11.3 Å². The zero-order chi connectivity index (χ0) is 17.6. The Bertz CT molecular complexity index is 703. The number of benzene rings is 1. The lowest BCUT2D eigenvalue weighted by atomic mass is 10.2. The summed E-state index contributed by atoms with van der Waals surface area (Å²) >= 11 is 1.65. The first-order valence-corrected chi connectivity index (χ1v) is 9.20. The number of anilines is 1. The maximum Gasteiger partial charge on any atom is 0.279 e. The van der Waals surface area contributed by atoms with Crippen molar-refractivity contribution >= 4 is 22.9 Å². The van der Waals surface area contributed by atoms with Crippen LogP contribution in [0.4, 0.5) is 14.5 Å². The van der Waals surface area contributed by atoms with Crippen molar-refractivity contribution < 1.29 is 23.2 Å². The van der Waals surface area contributed by atoms with Crippen molar-refractivity contribution in [3.8, 4) is 0 Å².